The average molecular weight is 704 g/mol. The van der Waals surface area contributed by atoms with Crippen molar-refractivity contribution in [2.45, 2.75) is 63.1 Å². The second kappa shape index (κ2) is 12.8. The van der Waals surface area contributed by atoms with Gasteiger partial charge >= 0.3 is 0 Å². The normalized spacial score (nSPS) is 22.2. The maximum absolute atomic E-state index is 6.94. The SMILES string of the molecule is Cc1ncnc2c1ccn2[C@@H]1O[C@H](COc2ccccc2C(Nc2ccc3ccccc3n2)(c2ccccc2)c2ccccc2)[C@@]2(C)OC(C)(C)O[C@@H]12. The van der Waals surface area contributed by atoms with E-state index < -0.39 is 35.4 Å². The minimum absolute atomic E-state index is 0.209. The Kier molecular flexibility index (Phi) is 8.03. The number of hydrogen-bond acceptors (Lipinski definition) is 8. The standard InChI is InChI=1S/C44H41N5O4/c1-29-33-25-26-49(40(33)46-28-45-29)41-39-43(4,53-42(2,3)52-39)37(51-41)27-50-36-22-14-12-20-34(36)44(31-16-7-5-8-17-31,32-18-9-6-10-19-32)48-38-24-23-30-15-11-13-21-35(30)47-38/h5-26,28,37,39,41H,27H2,1-4H3,(H,47,48)/t37-,39+,41-,43-/m1/s1. The van der Waals surface area contributed by atoms with Gasteiger partial charge < -0.3 is 28.8 Å². The number of fused-ring (bicyclic) bond motifs is 3. The summed E-state index contributed by atoms with van der Waals surface area (Å²) < 4.78 is 29.1. The molecule has 0 saturated carbocycles. The number of aryl methyl sites for hydroxylation is 1. The van der Waals surface area contributed by atoms with Crippen LogP contribution in [-0.4, -0.2) is 49.7 Å². The number of nitrogens with one attached hydrogen (secondary N) is 1. The Hall–Kier alpha value is -5.61. The zero-order chi connectivity index (χ0) is 36.2. The van der Waals surface area contributed by atoms with Gasteiger partial charge in [0.05, 0.1) is 11.2 Å². The molecule has 0 radical (unpaired) electrons. The van der Waals surface area contributed by atoms with Crippen molar-refractivity contribution in [3.05, 3.63) is 162 Å². The Morgan fingerprint density at radius 2 is 1.49 bits per heavy atom. The maximum atomic E-state index is 6.94. The largest absolute Gasteiger partial charge is 0.490 e. The van der Waals surface area contributed by atoms with E-state index in [1.54, 1.807) is 6.33 Å². The van der Waals surface area contributed by atoms with Gasteiger partial charge in [-0.15, -0.1) is 0 Å². The summed E-state index contributed by atoms with van der Waals surface area (Å²) in [6.45, 7) is 8.14. The Labute approximate surface area is 308 Å². The molecule has 4 aromatic carbocycles. The van der Waals surface area contributed by atoms with E-state index in [-0.39, 0.29) is 6.61 Å². The molecule has 4 atom stereocenters. The van der Waals surface area contributed by atoms with Crippen molar-refractivity contribution >= 4 is 27.8 Å². The van der Waals surface area contributed by atoms with Crippen LogP contribution in [0.4, 0.5) is 5.82 Å². The molecule has 2 saturated heterocycles. The molecular weight excluding hydrogens is 663 g/mol. The number of aromatic nitrogens is 4. The van der Waals surface area contributed by atoms with E-state index in [1.165, 1.54) is 0 Å². The second-order valence-corrected chi connectivity index (χ2v) is 14.5. The van der Waals surface area contributed by atoms with E-state index >= 15 is 0 Å². The number of hydrogen-bond donors (Lipinski definition) is 1. The molecule has 0 aliphatic carbocycles. The van der Waals surface area contributed by atoms with E-state index in [0.717, 1.165) is 50.1 Å². The van der Waals surface area contributed by atoms with Crippen molar-refractivity contribution < 1.29 is 18.9 Å². The van der Waals surface area contributed by atoms with Crippen molar-refractivity contribution in [3.63, 3.8) is 0 Å². The summed E-state index contributed by atoms with van der Waals surface area (Å²) in [5.74, 6) is 0.617. The number of nitrogens with zero attached hydrogens (tertiary/aromatic N) is 4. The molecule has 2 aliphatic rings. The lowest BCUT2D eigenvalue weighted by Gasteiger charge is -2.38. The van der Waals surface area contributed by atoms with Crippen LogP contribution >= 0.6 is 0 Å². The highest BCUT2D eigenvalue weighted by Crippen LogP contribution is 2.51. The highest BCUT2D eigenvalue weighted by atomic mass is 16.8. The van der Waals surface area contributed by atoms with Crippen LogP contribution in [0, 0.1) is 6.92 Å². The number of rotatable bonds is 9. The first-order valence-corrected chi connectivity index (χ1v) is 18.0. The maximum Gasteiger partial charge on any atom is 0.165 e. The van der Waals surface area contributed by atoms with Gasteiger partial charge in [-0.2, -0.15) is 0 Å². The van der Waals surface area contributed by atoms with E-state index in [4.69, 9.17) is 23.9 Å². The van der Waals surface area contributed by atoms with Crippen molar-refractivity contribution in [3.8, 4) is 5.75 Å². The monoisotopic (exact) mass is 703 g/mol. The van der Waals surface area contributed by atoms with Gasteiger partial charge in [-0.1, -0.05) is 97.1 Å². The lowest BCUT2D eigenvalue weighted by atomic mass is 9.76. The van der Waals surface area contributed by atoms with Crippen LogP contribution in [0.3, 0.4) is 0 Å². The van der Waals surface area contributed by atoms with Crippen LogP contribution in [0.1, 0.15) is 49.4 Å². The minimum Gasteiger partial charge on any atom is -0.490 e. The van der Waals surface area contributed by atoms with E-state index in [0.29, 0.717) is 5.75 Å². The first kappa shape index (κ1) is 33.2. The Bertz CT molecular complexity index is 2380. The van der Waals surface area contributed by atoms with Crippen molar-refractivity contribution in [2.24, 2.45) is 0 Å². The molecule has 3 aromatic heterocycles. The quantitative estimate of drug-likeness (QED) is 0.150. The fourth-order valence-corrected chi connectivity index (χ4v) is 8.18. The summed E-state index contributed by atoms with van der Waals surface area (Å²) in [5.41, 5.74) is 3.89. The van der Waals surface area contributed by atoms with Crippen LogP contribution in [-0.2, 0) is 19.7 Å². The highest BCUT2D eigenvalue weighted by molar-refractivity contribution is 5.81. The molecule has 0 unspecified atom stereocenters. The number of pyridine rings is 1. The molecule has 9 heteroatoms. The van der Waals surface area contributed by atoms with Crippen molar-refractivity contribution in [1.82, 2.24) is 19.5 Å². The van der Waals surface area contributed by atoms with Crippen LogP contribution in [0.15, 0.2) is 140 Å². The van der Waals surface area contributed by atoms with Crippen LogP contribution in [0.25, 0.3) is 21.9 Å². The summed E-state index contributed by atoms with van der Waals surface area (Å²) in [6, 6.07) is 43.4. The molecule has 266 valence electrons. The number of ether oxygens (including phenoxy) is 4. The third-order valence-electron chi connectivity index (χ3n) is 10.6. The summed E-state index contributed by atoms with van der Waals surface area (Å²) in [6.07, 6.45) is 2.19. The van der Waals surface area contributed by atoms with Crippen molar-refractivity contribution in [2.75, 3.05) is 11.9 Å². The molecule has 0 bridgehead atoms. The van der Waals surface area contributed by atoms with Gasteiger partial charge in [0.2, 0.25) is 0 Å². The predicted molar refractivity (Wildman–Crippen MR) is 205 cm³/mol. The van der Waals surface area contributed by atoms with Crippen LogP contribution in [0.5, 0.6) is 5.75 Å². The first-order valence-electron chi connectivity index (χ1n) is 18.0. The molecule has 1 N–H and O–H groups in total. The second-order valence-electron chi connectivity index (χ2n) is 14.5. The van der Waals surface area contributed by atoms with Gasteiger partial charge in [0.15, 0.2) is 12.0 Å². The fourth-order valence-electron chi connectivity index (χ4n) is 8.18. The molecule has 5 heterocycles. The summed E-state index contributed by atoms with van der Waals surface area (Å²) >= 11 is 0. The van der Waals surface area contributed by atoms with E-state index in [2.05, 4.69) is 95.0 Å². The van der Waals surface area contributed by atoms with Gasteiger partial charge in [0.1, 0.15) is 53.5 Å². The summed E-state index contributed by atoms with van der Waals surface area (Å²) in [4.78, 5) is 14.1. The third-order valence-corrected chi connectivity index (χ3v) is 10.6. The highest BCUT2D eigenvalue weighted by Gasteiger charge is 2.64. The molecule has 9 rings (SSSR count). The smallest absolute Gasteiger partial charge is 0.165 e. The molecule has 2 aliphatic heterocycles. The third kappa shape index (κ3) is 5.63. The molecule has 2 fully saturated rings. The number of anilines is 1. The zero-order valence-corrected chi connectivity index (χ0v) is 30.1. The van der Waals surface area contributed by atoms with E-state index in [1.807, 2.05) is 86.1 Å². The topological polar surface area (TPSA) is 92.6 Å². The average Bonchev–Trinajstić information content (AvgIpc) is 3.80. The Morgan fingerprint density at radius 3 is 2.26 bits per heavy atom. The summed E-state index contributed by atoms with van der Waals surface area (Å²) in [7, 11) is 0. The molecule has 0 spiro atoms. The zero-order valence-electron chi connectivity index (χ0n) is 30.1. The fraction of sp³-hybridized carbons (Fsp3) is 0.250. The molecule has 7 aromatic rings. The van der Waals surface area contributed by atoms with Gasteiger partial charge in [-0.25, -0.2) is 15.0 Å². The van der Waals surface area contributed by atoms with Gasteiger partial charge in [-0.05, 0) is 69.2 Å². The lowest BCUT2D eigenvalue weighted by Crippen LogP contribution is -2.46. The van der Waals surface area contributed by atoms with Crippen molar-refractivity contribution in [1.29, 1.82) is 0 Å². The van der Waals surface area contributed by atoms with Gasteiger partial charge in [-0.3, -0.25) is 0 Å². The van der Waals surface area contributed by atoms with E-state index in [9.17, 15) is 0 Å². The Morgan fingerprint density at radius 1 is 0.792 bits per heavy atom. The Balaban J connectivity index is 1.13. The summed E-state index contributed by atoms with van der Waals surface area (Å²) in [5, 5.41) is 5.96. The molecule has 9 nitrogen and oxygen atoms in total. The lowest BCUT2D eigenvalue weighted by molar-refractivity contribution is -0.213. The molecule has 53 heavy (non-hydrogen) atoms. The predicted octanol–water partition coefficient (Wildman–Crippen LogP) is 8.58. The molecular formula is C44H41N5O4. The molecule has 0 amide bonds. The minimum atomic E-state index is -0.892. The number of para-hydroxylation sites is 2. The van der Waals surface area contributed by atoms with Gasteiger partial charge in [0.25, 0.3) is 0 Å². The first-order chi connectivity index (χ1) is 25.7. The van der Waals surface area contributed by atoms with Gasteiger partial charge in [0, 0.05) is 22.5 Å². The number of benzene rings is 4. The van der Waals surface area contributed by atoms with Crippen LogP contribution < -0.4 is 10.1 Å². The van der Waals surface area contributed by atoms with Crippen LogP contribution in [0.2, 0.25) is 0 Å².